The van der Waals surface area contributed by atoms with Crippen molar-refractivity contribution in [2.45, 2.75) is 13.0 Å². The quantitative estimate of drug-likeness (QED) is 0.843. The second kappa shape index (κ2) is 5.69. The van der Waals surface area contributed by atoms with Crippen molar-refractivity contribution in [3.8, 4) is 5.75 Å². The number of benzene rings is 1. The van der Waals surface area contributed by atoms with Gasteiger partial charge >= 0.3 is 0 Å². The second-order valence-corrected chi connectivity index (χ2v) is 6.24. The Hall–Kier alpha value is -1.11. The van der Waals surface area contributed by atoms with Crippen molar-refractivity contribution in [2.75, 3.05) is 25.4 Å². The topological polar surface area (TPSA) is 67.4 Å². The lowest BCUT2D eigenvalue weighted by Gasteiger charge is -2.17. The van der Waals surface area contributed by atoms with E-state index in [0.29, 0.717) is 19.7 Å². The summed E-state index contributed by atoms with van der Waals surface area (Å²) in [6, 6.07) is 7.65. The average molecular weight is 270 g/mol. The summed E-state index contributed by atoms with van der Waals surface area (Å²) in [6.07, 6.45) is 0. The van der Waals surface area contributed by atoms with Gasteiger partial charge in [-0.05, 0) is 13.0 Å². The van der Waals surface area contributed by atoms with Crippen molar-refractivity contribution >= 4 is 10.0 Å². The Morgan fingerprint density at radius 1 is 1.44 bits per heavy atom. The van der Waals surface area contributed by atoms with E-state index in [4.69, 9.17) is 4.74 Å². The predicted molar refractivity (Wildman–Crippen MR) is 70.1 cm³/mol. The molecule has 0 aliphatic carbocycles. The highest BCUT2D eigenvalue weighted by atomic mass is 32.2. The number of rotatable bonds is 4. The lowest BCUT2D eigenvalue weighted by molar-refractivity contribution is 0.324. The van der Waals surface area contributed by atoms with Crippen LogP contribution in [0.3, 0.4) is 0 Å². The first-order valence-electron chi connectivity index (χ1n) is 6.05. The van der Waals surface area contributed by atoms with E-state index in [-0.39, 0.29) is 11.8 Å². The summed E-state index contributed by atoms with van der Waals surface area (Å²) in [6.45, 7) is 3.26. The van der Waals surface area contributed by atoms with Crippen LogP contribution in [0.15, 0.2) is 24.3 Å². The lowest BCUT2D eigenvalue weighted by atomic mass is 10.1. The number of hydrogen-bond acceptors (Lipinski definition) is 4. The first-order chi connectivity index (χ1) is 8.62. The van der Waals surface area contributed by atoms with Crippen LogP contribution in [-0.2, 0) is 10.0 Å². The normalized spacial score (nSPS) is 19.7. The summed E-state index contributed by atoms with van der Waals surface area (Å²) in [5.74, 6) is 0.918. The first kappa shape index (κ1) is 13.3. The molecule has 2 N–H and O–H groups in total. The van der Waals surface area contributed by atoms with Crippen LogP contribution in [0.25, 0.3) is 0 Å². The summed E-state index contributed by atoms with van der Waals surface area (Å²) < 4.78 is 31.1. The number of sulfonamides is 1. The molecule has 0 spiro atoms. The molecule has 2 rings (SSSR count). The maximum Gasteiger partial charge on any atom is 0.211 e. The van der Waals surface area contributed by atoms with Crippen molar-refractivity contribution in [1.82, 2.24) is 10.0 Å². The van der Waals surface area contributed by atoms with E-state index in [2.05, 4.69) is 10.0 Å². The molecule has 0 fully saturated rings. The summed E-state index contributed by atoms with van der Waals surface area (Å²) >= 11 is 0. The molecule has 1 atom stereocenters. The summed E-state index contributed by atoms with van der Waals surface area (Å²) in [4.78, 5) is 0. The zero-order chi connectivity index (χ0) is 13.0. The Morgan fingerprint density at radius 3 is 3.00 bits per heavy atom. The molecule has 18 heavy (non-hydrogen) atoms. The summed E-state index contributed by atoms with van der Waals surface area (Å²) in [5.41, 5.74) is 0.994. The predicted octanol–water partition coefficient (Wildman–Crippen LogP) is 0.649. The van der Waals surface area contributed by atoms with Crippen LogP contribution in [0.4, 0.5) is 0 Å². The molecule has 1 aromatic carbocycles. The van der Waals surface area contributed by atoms with E-state index >= 15 is 0 Å². The van der Waals surface area contributed by atoms with Gasteiger partial charge in [0.05, 0.1) is 5.75 Å². The fourth-order valence-electron chi connectivity index (χ4n) is 1.90. The molecule has 1 aliphatic rings. The van der Waals surface area contributed by atoms with E-state index in [1.165, 1.54) is 0 Å². The van der Waals surface area contributed by atoms with Gasteiger partial charge in [-0.25, -0.2) is 13.1 Å². The third-order valence-electron chi connectivity index (χ3n) is 2.93. The van der Waals surface area contributed by atoms with Crippen molar-refractivity contribution in [3.63, 3.8) is 0 Å². The minimum absolute atomic E-state index is 0.0509. The minimum Gasteiger partial charge on any atom is -0.492 e. The Morgan fingerprint density at radius 2 is 2.22 bits per heavy atom. The SMILES string of the molecule is CCS(=O)(=O)NCC1NCCOc2ccccc21. The van der Waals surface area contributed by atoms with Crippen LogP contribution in [0.5, 0.6) is 5.75 Å². The molecule has 5 nitrogen and oxygen atoms in total. The second-order valence-electron chi connectivity index (χ2n) is 4.14. The molecule has 1 heterocycles. The van der Waals surface area contributed by atoms with Gasteiger partial charge < -0.3 is 10.1 Å². The Labute approximate surface area is 108 Å². The van der Waals surface area contributed by atoms with E-state index in [0.717, 1.165) is 11.3 Å². The Kier molecular flexibility index (Phi) is 4.21. The molecule has 0 saturated carbocycles. The molecule has 100 valence electrons. The fourth-order valence-corrected chi connectivity index (χ4v) is 2.52. The summed E-state index contributed by atoms with van der Waals surface area (Å²) in [7, 11) is -3.16. The molecule has 1 aromatic rings. The monoisotopic (exact) mass is 270 g/mol. The van der Waals surface area contributed by atoms with Crippen LogP contribution < -0.4 is 14.8 Å². The van der Waals surface area contributed by atoms with E-state index in [1.807, 2.05) is 24.3 Å². The maximum atomic E-state index is 11.5. The fraction of sp³-hybridized carbons (Fsp3) is 0.500. The van der Waals surface area contributed by atoms with E-state index in [1.54, 1.807) is 6.92 Å². The number of ether oxygens (including phenoxy) is 1. The molecule has 0 aromatic heterocycles. The van der Waals surface area contributed by atoms with E-state index in [9.17, 15) is 8.42 Å². The number of nitrogens with one attached hydrogen (secondary N) is 2. The molecule has 0 saturated heterocycles. The highest BCUT2D eigenvalue weighted by Crippen LogP contribution is 2.26. The van der Waals surface area contributed by atoms with Gasteiger partial charge in [0.1, 0.15) is 12.4 Å². The highest BCUT2D eigenvalue weighted by molar-refractivity contribution is 7.89. The third kappa shape index (κ3) is 3.22. The van der Waals surface area contributed by atoms with Crippen LogP contribution in [-0.4, -0.2) is 33.9 Å². The van der Waals surface area contributed by atoms with Gasteiger partial charge in [-0.3, -0.25) is 0 Å². The zero-order valence-electron chi connectivity index (χ0n) is 10.3. The Bertz CT molecular complexity index is 502. The van der Waals surface area contributed by atoms with Crippen molar-refractivity contribution in [2.24, 2.45) is 0 Å². The molecule has 0 radical (unpaired) electrons. The number of fused-ring (bicyclic) bond motifs is 1. The van der Waals surface area contributed by atoms with Gasteiger partial charge in [-0.15, -0.1) is 0 Å². The molecule has 6 heteroatoms. The maximum absolute atomic E-state index is 11.5. The first-order valence-corrected chi connectivity index (χ1v) is 7.70. The Balaban J connectivity index is 2.13. The van der Waals surface area contributed by atoms with Crippen molar-refractivity contribution in [3.05, 3.63) is 29.8 Å². The van der Waals surface area contributed by atoms with Gasteiger partial charge in [0.2, 0.25) is 10.0 Å². The van der Waals surface area contributed by atoms with Gasteiger partial charge in [-0.2, -0.15) is 0 Å². The highest BCUT2D eigenvalue weighted by Gasteiger charge is 2.20. The van der Waals surface area contributed by atoms with Crippen LogP contribution >= 0.6 is 0 Å². The lowest BCUT2D eigenvalue weighted by Crippen LogP contribution is -2.35. The van der Waals surface area contributed by atoms with Crippen LogP contribution in [0, 0.1) is 0 Å². The number of para-hydroxylation sites is 1. The van der Waals surface area contributed by atoms with Crippen LogP contribution in [0.2, 0.25) is 0 Å². The zero-order valence-corrected chi connectivity index (χ0v) is 11.2. The molecule has 0 amide bonds. The van der Waals surface area contributed by atoms with E-state index < -0.39 is 10.0 Å². The van der Waals surface area contributed by atoms with Crippen LogP contribution in [0.1, 0.15) is 18.5 Å². The molecular formula is C12H18N2O3S. The smallest absolute Gasteiger partial charge is 0.211 e. The van der Waals surface area contributed by atoms with Gasteiger partial charge in [0.25, 0.3) is 0 Å². The average Bonchev–Trinajstić information content (AvgIpc) is 2.59. The molecule has 1 aliphatic heterocycles. The summed E-state index contributed by atoms with van der Waals surface area (Å²) in [5, 5.41) is 3.28. The van der Waals surface area contributed by atoms with Gasteiger partial charge in [0.15, 0.2) is 0 Å². The third-order valence-corrected chi connectivity index (χ3v) is 4.30. The van der Waals surface area contributed by atoms with Gasteiger partial charge in [-0.1, -0.05) is 18.2 Å². The molecular weight excluding hydrogens is 252 g/mol. The standard InChI is InChI=1S/C12H18N2O3S/c1-2-18(15,16)14-9-11-10-5-3-4-6-12(10)17-8-7-13-11/h3-6,11,13-14H,2,7-9H2,1H3. The van der Waals surface area contributed by atoms with Crippen molar-refractivity contribution in [1.29, 1.82) is 0 Å². The number of hydrogen-bond donors (Lipinski definition) is 2. The van der Waals surface area contributed by atoms with Crippen molar-refractivity contribution < 1.29 is 13.2 Å². The molecule has 1 unspecified atom stereocenters. The minimum atomic E-state index is -3.16. The van der Waals surface area contributed by atoms with Gasteiger partial charge in [0, 0.05) is 24.7 Å². The largest absolute Gasteiger partial charge is 0.492 e. The molecule has 0 bridgehead atoms.